The third-order valence-electron chi connectivity index (χ3n) is 5.74. The molecule has 0 spiro atoms. The third kappa shape index (κ3) is 3.62. The van der Waals surface area contributed by atoms with Crippen LogP contribution in [-0.4, -0.2) is 59.7 Å². The van der Waals surface area contributed by atoms with E-state index in [1.807, 2.05) is 17.0 Å². The molecule has 8 nitrogen and oxygen atoms in total. The predicted octanol–water partition coefficient (Wildman–Crippen LogP) is 1.88. The zero-order chi connectivity index (χ0) is 19.7. The van der Waals surface area contributed by atoms with Gasteiger partial charge >= 0.3 is 0 Å². The van der Waals surface area contributed by atoms with E-state index in [0.29, 0.717) is 36.7 Å². The normalized spacial score (nSPS) is 24.5. The van der Waals surface area contributed by atoms with Crippen molar-refractivity contribution in [2.24, 2.45) is 11.8 Å². The first-order valence-corrected chi connectivity index (χ1v) is 9.53. The number of rotatable bonds is 6. The lowest BCUT2D eigenvalue weighted by atomic mass is 9.89. The van der Waals surface area contributed by atoms with Gasteiger partial charge in [-0.2, -0.15) is 4.98 Å². The van der Waals surface area contributed by atoms with Crippen LogP contribution < -0.4 is 4.74 Å². The summed E-state index contributed by atoms with van der Waals surface area (Å²) in [6.07, 6.45) is 0. The molecule has 8 heteroatoms. The zero-order valence-electron chi connectivity index (χ0n) is 16.5. The molecule has 2 aromatic rings. The maximum atomic E-state index is 12.3. The SMILES string of the molecule is COCc1noc(CN2C[C@@H]3CN(C(C)=O)[C@@H](c4ccc(OC)cc4)[C@@H]3C2)n1. The maximum Gasteiger partial charge on any atom is 0.240 e. The first-order valence-electron chi connectivity index (χ1n) is 9.53. The summed E-state index contributed by atoms with van der Waals surface area (Å²) < 4.78 is 15.7. The highest BCUT2D eigenvalue weighted by Gasteiger charge is 2.48. The van der Waals surface area contributed by atoms with Gasteiger partial charge in [0.25, 0.3) is 0 Å². The number of fused-ring (bicyclic) bond motifs is 1. The number of nitrogens with zero attached hydrogens (tertiary/aromatic N) is 4. The molecular weight excluding hydrogens is 360 g/mol. The number of benzene rings is 1. The second-order valence-corrected chi connectivity index (χ2v) is 7.54. The Hall–Kier alpha value is -2.45. The van der Waals surface area contributed by atoms with Gasteiger partial charge in [0.1, 0.15) is 12.4 Å². The molecule has 1 aromatic carbocycles. The molecule has 2 aliphatic rings. The molecule has 1 aromatic heterocycles. The Kier molecular flexibility index (Phi) is 5.32. The Morgan fingerprint density at radius 1 is 1.21 bits per heavy atom. The molecule has 4 rings (SSSR count). The van der Waals surface area contributed by atoms with Crippen molar-refractivity contribution in [1.82, 2.24) is 19.9 Å². The van der Waals surface area contributed by atoms with Crippen molar-refractivity contribution >= 4 is 5.91 Å². The van der Waals surface area contributed by atoms with Gasteiger partial charge in [-0.05, 0) is 23.6 Å². The Morgan fingerprint density at radius 2 is 2.00 bits per heavy atom. The molecule has 0 aliphatic carbocycles. The van der Waals surface area contributed by atoms with E-state index in [2.05, 4.69) is 27.2 Å². The standard InChI is InChI=1S/C20H26N4O4/c1-13(25)24-9-15-8-23(11-19-21-18(12-26-2)22-28-19)10-17(15)20(24)14-4-6-16(27-3)7-5-14/h4-7,15,17,20H,8-12H2,1-3H3/t15-,17-,20+/m1/s1. The summed E-state index contributed by atoms with van der Waals surface area (Å²) in [5.74, 6) is 2.95. The lowest BCUT2D eigenvalue weighted by molar-refractivity contribution is -0.130. The van der Waals surface area contributed by atoms with Crippen LogP contribution in [0.3, 0.4) is 0 Å². The quantitative estimate of drug-likeness (QED) is 0.750. The molecule has 0 saturated carbocycles. The van der Waals surface area contributed by atoms with Gasteiger partial charge in [-0.15, -0.1) is 0 Å². The lowest BCUT2D eigenvalue weighted by Gasteiger charge is -2.29. The number of ether oxygens (including phenoxy) is 2. The van der Waals surface area contributed by atoms with Crippen molar-refractivity contribution in [3.8, 4) is 5.75 Å². The smallest absolute Gasteiger partial charge is 0.240 e. The van der Waals surface area contributed by atoms with Crippen LogP contribution in [-0.2, 0) is 22.7 Å². The summed E-state index contributed by atoms with van der Waals surface area (Å²) >= 11 is 0. The average Bonchev–Trinajstić information content (AvgIpc) is 3.37. The van der Waals surface area contributed by atoms with Gasteiger partial charge in [-0.3, -0.25) is 9.69 Å². The van der Waals surface area contributed by atoms with Gasteiger partial charge in [-0.1, -0.05) is 17.3 Å². The number of methoxy groups -OCH3 is 2. The Bertz CT molecular complexity index is 822. The van der Waals surface area contributed by atoms with Crippen LogP contribution in [0, 0.1) is 11.8 Å². The molecule has 0 N–H and O–H groups in total. The Balaban J connectivity index is 1.49. The van der Waals surface area contributed by atoms with Crippen molar-refractivity contribution in [3.63, 3.8) is 0 Å². The van der Waals surface area contributed by atoms with E-state index in [1.54, 1.807) is 21.1 Å². The monoisotopic (exact) mass is 386 g/mol. The van der Waals surface area contributed by atoms with Gasteiger partial charge < -0.3 is 18.9 Å². The molecule has 2 fully saturated rings. The minimum absolute atomic E-state index is 0.0881. The van der Waals surface area contributed by atoms with E-state index in [4.69, 9.17) is 14.0 Å². The fraction of sp³-hybridized carbons (Fsp3) is 0.550. The van der Waals surface area contributed by atoms with E-state index in [0.717, 1.165) is 30.9 Å². The van der Waals surface area contributed by atoms with Crippen LogP contribution in [0.5, 0.6) is 5.75 Å². The lowest BCUT2D eigenvalue weighted by Crippen LogP contribution is -2.34. The molecule has 150 valence electrons. The Morgan fingerprint density at radius 3 is 2.68 bits per heavy atom. The van der Waals surface area contributed by atoms with E-state index < -0.39 is 0 Å². The first kappa shape index (κ1) is 18.9. The van der Waals surface area contributed by atoms with Gasteiger partial charge in [0, 0.05) is 39.6 Å². The number of amides is 1. The first-order chi connectivity index (χ1) is 13.6. The van der Waals surface area contributed by atoms with Gasteiger partial charge in [0.05, 0.1) is 19.7 Å². The van der Waals surface area contributed by atoms with Crippen LogP contribution in [0.1, 0.15) is 30.2 Å². The van der Waals surface area contributed by atoms with Crippen LogP contribution in [0.4, 0.5) is 0 Å². The van der Waals surface area contributed by atoms with E-state index in [-0.39, 0.29) is 11.9 Å². The Labute approximate surface area is 164 Å². The highest BCUT2D eigenvalue weighted by atomic mass is 16.5. The largest absolute Gasteiger partial charge is 0.497 e. The summed E-state index contributed by atoms with van der Waals surface area (Å²) in [5, 5.41) is 3.93. The summed E-state index contributed by atoms with van der Waals surface area (Å²) in [4.78, 5) is 21.0. The second-order valence-electron chi connectivity index (χ2n) is 7.54. The highest BCUT2D eigenvalue weighted by molar-refractivity contribution is 5.74. The van der Waals surface area contributed by atoms with Crippen molar-refractivity contribution in [1.29, 1.82) is 0 Å². The number of aromatic nitrogens is 2. The topological polar surface area (TPSA) is 80.9 Å². The fourth-order valence-electron chi connectivity index (χ4n) is 4.55. The van der Waals surface area contributed by atoms with Crippen molar-refractivity contribution < 1.29 is 18.8 Å². The third-order valence-corrected chi connectivity index (χ3v) is 5.74. The molecule has 1 amide bonds. The predicted molar refractivity (Wildman–Crippen MR) is 100 cm³/mol. The number of likely N-dealkylation sites (tertiary alicyclic amines) is 2. The molecule has 3 heterocycles. The molecule has 3 atom stereocenters. The summed E-state index contributed by atoms with van der Waals surface area (Å²) in [5.41, 5.74) is 1.16. The molecule has 28 heavy (non-hydrogen) atoms. The second kappa shape index (κ2) is 7.89. The van der Waals surface area contributed by atoms with Crippen molar-refractivity contribution in [3.05, 3.63) is 41.5 Å². The van der Waals surface area contributed by atoms with Crippen LogP contribution in [0.2, 0.25) is 0 Å². The zero-order valence-corrected chi connectivity index (χ0v) is 16.5. The summed E-state index contributed by atoms with van der Waals surface area (Å²) in [6, 6.07) is 8.15. The maximum absolute atomic E-state index is 12.3. The average molecular weight is 386 g/mol. The summed E-state index contributed by atoms with van der Waals surface area (Å²) in [7, 11) is 3.27. The van der Waals surface area contributed by atoms with Crippen LogP contribution >= 0.6 is 0 Å². The molecule has 0 unspecified atom stereocenters. The number of carbonyl (C=O) groups is 1. The minimum Gasteiger partial charge on any atom is -0.497 e. The fourth-order valence-corrected chi connectivity index (χ4v) is 4.55. The van der Waals surface area contributed by atoms with E-state index in [9.17, 15) is 4.79 Å². The van der Waals surface area contributed by atoms with Crippen LogP contribution in [0.25, 0.3) is 0 Å². The molecule has 2 saturated heterocycles. The van der Waals surface area contributed by atoms with Gasteiger partial charge in [0.2, 0.25) is 11.8 Å². The number of hydrogen-bond donors (Lipinski definition) is 0. The van der Waals surface area contributed by atoms with E-state index >= 15 is 0 Å². The van der Waals surface area contributed by atoms with Crippen molar-refractivity contribution in [2.45, 2.75) is 26.1 Å². The van der Waals surface area contributed by atoms with Crippen molar-refractivity contribution in [2.75, 3.05) is 33.9 Å². The molecule has 0 bridgehead atoms. The molecule has 0 radical (unpaired) electrons. The number of hydrogen-bond acceptors (Lipinski definition) is 7. The molecular formula is C20H26N4O4. The van der Waals surface area contributed by atoms with Gasteiger partial charge in [-0.25, -0.2) is 0 Å². The highest BCUT2D eigenvalue weighted by Crippen LogP contribution is 2.45. The molecule has 2 aliphatic heterocycles. The van der Waals surface area contributed by atoms with Gasteiger partial charge in [0.15, 0.2) is 5.82 Å². The van der Waals surface area contributed by atoms with Crippen LogP contribution in [0.15, 0.2) is 28.8 Å². The van der Waals surface area contributed by atoms with E-state index in [1.165, 1.54) is 0 Å². The minimum atomic E-state index is 0.0881. The summed E-state index contributed by atoms with van der Waals surface area (Å²) in [6.45, 7) is 5.23. The number of carbonyl (C=O) groups excluding carboxylic acids is 1.